The molecule has 2 aliphatic heterocycles. The highest BCUT2D eigenvalue weighted by molar-refractivity contribution is 5.03. The van der Waals surface area contributed by atoms with Crippen LogP contribution in [0.4, 0.5) is 0 Å². The minimum Gasteiger partial charge on any atom is -0.394 e. The Balaban J connectivity index is 2.12. The van der Waals surface area contributed by atoms with E-state index in [1.165, 1.54) is 0 Å². The highest BCUT2D eigenvalue weighted by Crippen LogP contribution is 2.26. The summed E-state index contributed by atoms with van der Waals surface area (Å²) in [6, 6.07) is -0.456. The Bertz CT molecular complexity index is 214. The van der Waals surface area contributed by atoms with Gasteiger partial charge < -0.3 is 30.5 Å². The smallest absolute Gasteiger partial charge is 0.110 e. The van der Waals surface area contributed by atoms with Gasteiger partial charge in [0.2, 0.25) is 0 Å². The van der Waals surface area contributed by atoms with Gasteiger partial charge in [-0.05, 0) is 0 Å². The fourth-order valence-electron chi connectivity index (χ4n) is 2.08. The summed E-state index contributed by atoms with van der Waals surface area (Å²) in [5, 5.41) is 40.4. The number of rotatable bonds is 1. The zero-order chi connectivity index (χ0) is 10.3. The Labute approximate surface area is 81.1 Å². The first-order chi connectivity index (χ1) is 6.65. The molecule has 6 heteroatoms. The normalized spacial score (nSPS) is 53.1. The van der Waals surface area contributed by atoms with Gasteiger partial charge in [-0.25, -0.2) is 0 Å². The molecule has 82 valence electrons. The molecule has 2 heterocycles. The van der Waals surface area contributed by atoms with Crippen LogP contribution in [0.15, 0.2) is 0 Å². The van der Waals surface area contributed by atoms with Crippen LogP contribution in [0.2, 0.25) is 0 Å². The number of aliphatic hydroxyl groups excluding tert-OH is 4. The van der Waals surface area contributed by atoms with Gasteiger partial charge in [-0.2, -0.15) is 0 Å². The van der Waals surface area contributed by atoms with E-state index >= 15 is 0 Å². The van der Waals surface area contributed by atoms with Crippen molar-refractivity contribution in [3.8, 4) is 0 Å². The molecule has 2 rings (SSSR count). The van der Waals surface area contributed by atoms with Crippen LogP contribution in [-0.2, 0) is 4.74 Å². The molecule has 0 unspecified atom stereocenters. The maximum atomic E-state index is 9.65. The molecule has 0 saturated carbocycles. The van der Waals surface area contributed by atoms with Crippen molar-refractivity contribution in [2.75, 3.05) is 13.2 Å². The lowest BCUT2D eigenvalue weighted by atomic mass is 9.93. The quantitative estimate of drug-likeness (QED) is 0.309. The van der Waals surface area contributed by atoms with Crippen LogP contribution < -0.4 is 5.32 Å². The van der Waals surface area contributed by atoms with Gasteiger partial charge in [0, 0.05) is 6.54 Å². The summed E-state index contributed by atoms with van der Waals surface area (Å²) in [5.41, 5.74) is 0. The number of nitrogens with one attached hydrogen (secondary N) is 1. The SMILES string of the molecule is OC[C@H]1O[C@@H]2[C@@H](NC[C@H]2O)[C@@H](O)[C@H]1O. The zero-order valence-electron chi connectivity index (χ0n) is 7.58. The van der Waals surface area contributed by atoms with Gasteiger partial charge in [-0.15, -0.1) is 0 Å². The summed E-state index contributed by atoms with van der Waals surface area (Å²) < 4.78 is 5.28. The van der Waals surface area contributed by atoms with Crippen LogP contribution in [-0.4, -0.2) is 70.1 Å². The second kappa shape index (κ2) is 3.73. The topological polar surface area (TPSA) is 102 Å². The van der Waals surface area contributed by atoms with E-state index in [2.05, 4.69) is 5.32 Å². The first kappa shape index (κ1) is 10.3. The van der Waals surface area contributed by atoms with Crippen molar-refractivity contribution in [3.63, 3.8) is 0 Å². The van der Waals surface area contributed by atoms with Crippen LogP contribution in [0.3, 0.4) is 0 Å². The molecule has 0 aromatic rings. The molecule has 0 amide bonds. The first-order valence-electron chi connectivity index (χ1n) is 4.69. The molecule has 5 N–H and O–H groups in total. The standard InChI is InChI=1S/C8H15NO5/c10-2-4-6(12)7(13)5-8(14-4)3(11)1-9-5/h3-13H,1-2H2/t3-,4-,5+,6+,7-,8+/m1/s1. The van der Waals surface area contributed by atoms with E-state index in [4.69, 9.17) is 9.84 Å². The predicted octanol–water partition coefficient (Wildman–Crippen LogP) is -3.20. The third-order valence-electron chi connectivity index (χ3n) is 2.91. The first-order valence-corrected chi connectivity index (χ1v) is 4.69. The second-order valence-corrected chi connectivity index (χ2v) is 3.80. The molecule has 2 aliphatic rings. The summed E-state index contributed by atoms with van der Waals surface area (Å²) in [6.45, 7) is -0.0363. The number of fused-ring (bicyclic) bond motifs is 1. The second-order valence-electron chi connectivity index (χ2n) is 3.80. The highest BCUT2D eigenvalue weighted by atomic mass is 16.5. The van der Waals surface area contributed by atoms with Gasteiger partial charge in [-0.1, -0.05) is 0 Å². The average molecular weight is 205 g/mol. The van der Waals surface area contributed by atoms with Gasteiger partial charge in [0.25, 0.3) is 0 Å². The molecule has 14 heavy (non-hydrogen) atoms. The van der Waals surface area contributed by atoms with Gasteiger partial charge in [0.15, 0.2) is 0 Å². The van der Waals surface area contributed by atoms with E-state index < -0.39 is 36.6 Å². The molecular weight excluding hydrogens is 190 g/mol. The van der Waals surface area contributed by atoms with E-state index in [0.29, 0.717) is 6.54 Å². The summed E-state index contributed by atoms with van der Waals surface area (Å²) in [7, 11) is 0. The lowest BCUT2D eigenvalue weighted by Gasteiger charge is -2.39. The maximum Gasteiger partial charge on any atom is 0.110 e. The van der Waals surface area contributed by atoms with Crippen LogP contribution in [0.5, 0.6) is 0 Å². The molecular formula is C8H15NO5. The third-order valence-corrected chi connectivity index (χ3v) is 2.91. The van der Waals surface area contributed by atoms with Crippen molar-refractivity contribution >= 4 is 0 Å². The summed E-state index contributed by atoms with van der Waals surface area (Å²) in [5.74, 6) is 0. The summed E-state index contributed by atoms with van der Waals surface area (Å²) >= 11 is 0. The summed E-state index contributed by atoms with van der Waals surface area (Å²) in [6.07, 6.45) is -4.19. The Morgan fingerprint density at radius 2 is 1.93 bits per heavy atom. The zero-order valence-corrected chi connectivity index (χ0v) is 7.58. The molecule has 0 radical (unpaired) electrons. The fourth-order valence-corrected chi connectivity index (χ4v) is 2.08. The van der Waals surface area contributed by atoms with Crippen LogP contribution >= 0.6 is 0 Å². The van der Waals surface area contributed by atoms with Crippen molar-refractivity contribution in [1.82, 2.24) is 5.32 Å². The van der Waals surface area contributed by atoms with Gasteiger partial charge in [-0.3, -0.25) is 0 Å². The van der Waals surface area contributed by atoms with Crippen LogP contribution in [0.25, 0.3) is 0 Å². The lowest BCUT2D eigenvalue weighted by molar-refractivity contribution is -0.199. The third kappa shape index (κ3) is 1.44. The largest absolute Gasteiger partial charge is 0.394 e. The predicted molar refractivity (Wildman–Crippen MR) is 45.6 cm³/mol. The van der Waals surface area contributed by atoms with E-state index in [1.807, 2.05) is 0 Å². The maximum absolute atomic E-state index is 9.65. The minimum atomic E-state index is -1.11. The van der Waals surface area contributed by atoms with Crippen LogP contribution in [0.1, 0.15) is 0 Å². The molecule has 6 atom stereocenters. The van der Waals surface area contributed by atoms with Gasteiger partial charge in [0.1, 0.15) is 24.4 Å². The van der Waals surface area contributed by atoms with Crippen molar-refractivity contribution in [2.45, 2.75) is 36.6 Å². The number of ether oxygens (including phenoxy) is 1. The van der Waals surface area contributed by atoms with Crippen LogP contribution in [0, 0.1) is 0 Å². The molecule has 2 fully saturated rings. The molecule has 0 bridgehead atoms. The van der Waals surface area contributed by atoms with E-state index in [0.717, 1.165) is 0 Å². The van der Waals surface area contributed by atoms with Crippen molar-refractivity contribution in [1.29, 1.82) is 0 Å². The number of aliphatic hydroxyl groups is 4. The summed E-state index contributed by atoms with van der Waals surface area (Å²) in [4.78, 5) is 0. The average Bonchev–Trinajstić information content (AvgIpc) is 2.54. The Kier molecular flexibility index (Phi) is 2.74. The van der Waals surface area contributed by atoms with E-state index in [-0.39, 0.29) is 6.61 Å². The van der Waals surface area contributed by atoms with E-state index in [9.17, 15) is 15.3 Å². The van der Waals surface area contributed by atoms with E-state index in [1.54, 1.807) is 0 Å². The molecule has 2 saturated heterocycles. The van der Waals surface area contributed by atoms with Crippen molar-refractivity contribution < 1.29 is 25.2 Å². The Hall–Kier alpha value is -0.240. The van der Waals surface area contributed by atoms with Gasteiger partial charge >= 0.3 is 0 Å². The molecule has 6 nitrogen and oxygen atoms in total. The molecule has 0 aromatic heterocycles. The van der Waals surface area contributed by atoms with Crippen molar-refractivity contribution in [3.05, 3.63) is 0 Å². The monoisotopic (exact) mass is 205 g/mol. The molecule has 0 aliphatic carbocycles. The number of hydrogen-bond acceptors (Lipinski definition) is 6. The Morgan fingerprint density at radius 3 is 2.57 bits per heavy atom. The van der Waals surface area contributed by atoms with Gasteiger partial charge in [0.05, 0.1) is 18.8 Å². The molecule has 0 spiro atoms. The Morgan fingerprint density at radius 1 is 1.21 bits per heavy atom. The fraction of sp³-hybridized carbons (Fsp3) is 1.00. The number of hydrogen-bond donors (Lipinski definition) is 5. The van der Waals surface area contributed by atoms with Crippen molar-refractivity contribution in [2.24, 2.45) is 0 Å². The minimum absolute atomic E-state index is 0.331. The number of β-amino-alcohol motifs (C(OH)–C–C–N with tert-alkyl or cyclic N) is 1. The lowest BCUT2D eigenvalue weighted by Crippen LogP contribution is -2.61. The molecule has 0 aromatic carbocycles. The highest BCUT2D eigenvalue weighted by Gasteiger charge is 2.49.